The molecule has 2 aromatic carbocycles. The van der Waals surface area contributed by atoms with Crippen molar-refractivity contribution in [3.05, 3.63) is 82.7 Å². The zero-order valence-electron chi connectivity index (χ0n) is 18.0. The van der Waals surface area contributed by atoms with Crippen molar-refractivity contribution in [3.63, 3.8) is 0 Å². The summed E-state index contributed by atoms with van der Waals surface area (Å²) in [5.41, 5.74) is 4.51. The van der Waals surface area contributed by atoms with Crippen molar-refractivity contribution in [2.24, 2.45) is 7.05 Å². The Balaban J connectivity index is 1.59. The maximum Gasteiger partial charge on any atom is 0.162 e. The summed E-state index contributed by atoms with van der Waals surface area (Å²) >= 11 is 12.4. The highest BCUT2D eigenvalue weighted by Crippen LogP contribution is 2.31. The predicted octanol–water partition coefficient (Wildman–Crippen LogP) is 5.94. The first-order valence-corrected chi connectivity index (χ1v) is 11.0. The van der Waals surface area contributed by atoms with Crippen molar-refractivity contribution in [1.82, 2.24) is 24.5 Å². The molecule has 0 fully saturated rings. The number of nitrogens with zero attached hydrogens (tertiary/aromatic N) is 5. The lowest BCUT2D eigenvalue weighted by atomic mass is 10.1. The molecule has 0 amide bonds. The molecule has 0 radical (unpaired) electrons. The van der Waals surface area contributed by atoms with Crippen molar-refractivity contribution in [2.45, 2.75) is 6.54 Å². The Bertz CT molecular complexity index is 1420. The minimum absolute atomic E-state index is 0.543. The number of fused-ring (bicyclic) bond motifs is 1. The molecule has 1 N–H and O–H groups in total. The van der Waals surface area contributed by atoms with Crippen LogP contribution in [0.5, 0.6) is 5.75 Å². The standard InChI is InChI=1S/C24H20Cl2N6O/c1-31-14-17(12-28-31)16-7-22-23(29-20-9-18(25)8-19(26)10-20)30-32(24(22)27-11-16)13-15-3-5-21(33-2)6-4-15/h3-12,14H,13H2,1-2H3,(H,29,30). The molecule has 0 saturated carbocycles. The zero-order chi connectivity index (χ0) is 22.9. The van der Waals surface area contributed by atoms with Crippen LogP contribution in [-0.2, 0) is 13.6 Å². The van der Waals surface area contributed by atoms with Gasteiger partial charge >= 0.3 is 0 Å². The molecule has 0 atom stereocenters. The number of pyridine rings is 1. The van der Waals surface area contributed by atoms with E-state index in [1.165, 1.54) is 0 Å². The van der Waals surface area contributed by atoms with E-state index >= 15 is 0 Å². The highest BCUT2D eigenvalue weighted by atomic mass is 35.5. The third-order valence-electron chi connectivity index (χ3n) is 5.24. The Kier molecular flexibility index (Phi) is 5.66. The summed E-state index contributed by atoms with van der Waals surface area (Å²) in [6.45, 7) is 0.553. The van der Waals surface area contributed by atoms with Crippen molar-refractivity contribution in [1.29, 1.82) is 0 Å². The minimum Gasteiger partial charge on any atom is -0.497 e. The molecule has 3 aromatic heterocycles. The molecular weight excluding hydrogens is 459 g/mol. The fourth-order valence-corrected chi connectivity index (χ4v) is 4.18. The van der Waals surface area contributed by atoms with Crippen LogP contribution in [0, 0.1) is 0 Å². The summed E-state index contributed by atoms with van der Waals surface area (Å²) in [5.74, 6) is 1.47. The van der Waals surface area contributed by atoms with E-state index in [1.54, 1.807) is 30.0 Å². The zero-order valence-corrected chi connectivity index (χ0v) is 19.5. The summed E-state index contributed by atoms with van der Waals surface area (Å²) in [4.78, 5) is 4.74. The summed E-state index contributed by atoms with van der Waals surface area (Å²) in [6.07, 6.45) is 5.61. The van der Waals surface area contributed by atoms with Gasteiger partial charge in [-0.05, 0) is 42.0 Å². The lowest BCUT2D eigenvalue weighted by Crippen LogP contribution is -2.03. The van der Waals surface area contributed by atoms with E-state index in [9.17, 15) is 0 Å². The van der Waals surface area contributed by atoms with Gasteiger partial charge in [0.25, 0.3) is 0 Å². The third-order valence-corrected chi connectivity index (χ3v) is 5.68. The van der Waals surface area contributed by atoms with Crippen LogP contribution < -0.4 is 10.1 Å². The number of rotatable bonds is 6. The Morgan fingerprint density at radius 2 is 1.73 bits per heavy atom. The van der Waals surface area contributed by atoms with Gasteiger partial charge < -0.3 is 10.1 Å². The van der Waals surface area contributed by atoms with Crippen LogP contribution in [0.1, 0.15) is 5.56 Å². The summed E-state index contributed by atoms with van der Waals surface area (Å²) in [5, 5.41) is 14.4. The molecule has 9 heteroatoms. The first kappa shape index (κ1) is 21.3. The van der Waals surface area contributed by atoms with E-state index < -0.39 is 0 Å². The highest BCUT2D eigenvalue weighted by molar-refractivity contribution is 6.35. The summed E-state index contributed by atoms with van der Waals surface area (Å²) in [6, 6.07) is 15.3. The molecule has 0 bridgehead atoms. The lowest BCUT2D eigenvalue weighted by Gasteiger charge is -2.06. The van der Waals surface area contributed by atoms with Crippen molar-refractivity contribution >= 4 is 45.7 Å². The van der Waals surface area contributed by atoms with E-state index in [1.807, 2.05) is 54.6 Å². The Morgan fingerprint density at radius 3 is 2.39 bits per heavy atom. The molecule has 0 spiro atoms. The number of hydrogen-bond donors (Lipinski definition) is 1. The Hall–Kier alpha value is -3.55. The molecule has 3 heterocycles. The predicted molar refractivity (Wildman–Crippen MR) is 132 cm³/mol. The number of ether oxygens (including phenoxy) is 1. The topological polar surface area (TPSA) is 69.8 Å². The Morgan fingerprint density at radius 1 is 0.970 bits per heavy atom. The molecule has 0 unspecified atom stereocenters. The number of nitrogens with one attached hydrogen (secondary N) is 1. The molecule has 0 aliphatic rings. The molecule has 166 valence electrons. The van der Waals surface area contributed by atoms with Crippen LogP contribution in [0.4, 0.5) is 11.5 Å². The summed E-state index contributed by atoms with van der Waals surface area (Å²) < 4.78 is 8.90. The van der Waals surface area contributed by atoms with Crippen LogP contribution in [0.3, 0.4) is 0 Å². The van der Waals surface area contributed by atoms with Gasteiger partial charge in [0, 0.05) is 46.3 Å². The number of aromatic nitrogens is 5. The van der Waals surface area contributed by atoms with E-state index in [0.29, 0.717) is 22.4 Å². The van der Waals surface area contributed by atoms with E-state index in [0.717, 1.165) is 39.2 Å². The van der Waals surface area contributed by atoms with Crippen LogP contribution >= 0.6 is 23.2 Å². The third kappa shape index (κ3) is 4.51. The normalized spacial score (nSPS) is 11.2. The fourth-order valence-electron chi connectivity index (χ4n) is 3.66. The number of aryl methyl sites for hydroxylation is 1. The second kappa shape index (κ2) is 8.77. The van der Waals surface area contributed by atoms with Crippen molar-refractivity contribution in [2.75, 3.05) is 12.4 Å². The van der Waals surface area contributed by atoms with Gasteiger partial charge in [-0.1, -0.05) is 35.3 Å². The van der Waals surface area contributed by atoms with E-state index in [-0.39, 0.29) is 0 Å². The van der Waals surface area contributed by atoms with Gasteiger partial charge in [0.15, 0.2) is 11.5 Å². The average Bonchev–Trinajstić information content (AvgIpc) is 3.37. The second-order valence-corrected chi connectivity index (χ2v) is 8.51. The quantitative estimate of drug-likeness (QED) is 0.327. The first-order valence-electron chi connectivity index (χ1n) is 10.2. The SMILES string of the molecule is COc1ccc(Cn2nc(Nc3cc(Cl)cc(Cl)c3)c3cc(-c4cnn(C)c4)cnc32)cc1. The maximum absolute atomic E-state index is 6.20. The smallest absolute Gasteiger partial charge is 0.162 e. The van der Waals surface area contributed by atoms with Crippen LogP contribution in [0.15, 0.2) is 67.1 Å². The number of halogens is 2. The maximum atomic E-state index is 6.20. The lowest BCUT2D eigenvalue weighted by molar-refractivity contribution is 0.414. The fraction of sp³-hybridized carbons (Fsp3) is 0.125. The van der Waals surface area contributed by atoms with E-state index in [2.05, 4.69) is 16.5 Å². The van der Waals surface area contributed by atoms with Crippen molar-refractivity contribution in [3.8, 4) is 16.9 Å². The molecule has 5 rings (SSSR count). The second-order valence-electron chi connectivity index (χ2n) is 7.64. The van der Waals surface area contributed by atoms with Crippen LogP contribution in [0.2, 0.25) is 10.0 Å². The molecule has 0 saturated heterocycles. The molecule has 7 nitrogen and oxygen atoms in total. The van der Waals surface area contributed by atoms with Gasteiger partial charge in [-0.25, -0.2) is 9.67 Å². The van der Waals surface area contributed by atoms with Gasteiger partial charge in [-0.3, -0.25) is 4.68 Å². The Labute approximate surface area is 200 Å². The molecule has 0 aliphatic carbocycles. The monoisotopic (exact) mass is 478 g/mol. The van der Waals surface area contributed by atoms with Gasteiger partial charge in [-0.15, -0.1) is 0 Å². The number of hydrogen-bond acceptors (Lipinski definition) is 5. The van der Waals surface area contributed by atoms with Crippen LogP contribution in [-0.4, -0.2) is 31.7 Å². The number of benzene rings is 2. The largest absolute Gasteiger partial charge is 0.497 e. The van der Waals surface area contributed by atoms with Crippen molar-refractivity contribution < 1.29 is 4.74 Å². The summed E-state index contributed by atoms with van der Waals surface area (Å²) in [7, 11) is 3.54. The number of methoxy groups -OCH3 is 1. The van der Waals surface area contributed by atoms with Crippen LogP contribution in [0.25, 0.3) is 22.2 Å². The molecule has 5 aromatic rings. The van der Waals surface area contributed by atoms with Gasteiger partial charge in [0.1, 0.15) is 5.75 Å². The van der Waals surface area contributed by atoms with Gasteiger partial charge in [0.2, 0.25) is 0 Å². The average molecular weight is 479 g/mol. The number of anilines is 2. The van der Waals surface area contributed by atoms with Gasteiger partial charge in [0.05, 0.1) is 25.2 Å². The minimum atomic E-state index is 0.543. The first-order chi connectivity index (χ1) is 16.0. The highest BCUT2D eigenvalue weighted by Gasteiger charge is 2.15. The molecule has 33 heavy (non-hydrogen) atoms. The van der Waals surface area contributed by atoms with E-state index in [4.69, 9.17) is 38.0 Å². The molecular formula is C24H20Cl2N6O. The molecule has 0 aliphatic heterocycles. The van der Waals surface area contributed by atoms with Gasteiger partial charge in [-0.2, -0.15) is 10.2 Å².